The van der Waals surface area contributed by atoms with Gasteiger partial charge in [0.25, 0.3) is 0 Å². The quantitative estimate of drug-likeness (QED) is 0.603. The van der Waals surface area contributed by atoms with Gasteiger partial charge in [0.05, 0.1) is 10.7 Å². The molecule has 0 atom stereocenters. The van der Waals surface area contributed by atoms with Crippen LogP contribution in [-0.2, 0) is 6.42 Å². The van der Waals surface area contributed by atoms with Gasteiger partial charge in [-0.25, -0.2) is 0 Å². The number of aromatic amines is 1. The van der Waals surface area contributed by atoms with Crippen molar-refractivity contribution in [3.05, 3.63) is 64.8 Å². The van der Waals surface area contributed by atoms with E-state index in [0.29, 0.717) is 10.1 Å². The van der Waals surface area contributed by atoms with Crippen molar-refractivity contribution < 1.29 is 0 Å². The Hall–Kier alpha value is -2.04. The third-order valence-corrected chi connectivity index (χ3v) is 4.39. The summed E-state index contributed by atoms with van der Waals surface area (Å²) < 4.78 is 0. The number of para-hydroxylation sites is 2. The van der Waals surface area contributed by atoms with Gasteiger partial charge in [0, 0.05) is 23.1 Å². The molecule has 3 nitrogen and oxygen atoms in total. The van der Waals surface area contributed by atoms with Gasteiger partial charge in [-0.1, -0.05) is 41.9 Å². The summed E-state index contributed by atoms with van der Waals surface area (Å²) in [5, 5.41) is 8.87. The number of thiocarbonyl (C=S) groups is 1. The first-order valence-corrected chi connectivity index (χ1v) is 8.29. The largest absolute Gasteiger partial charge is 0.362 e. The fourth-order valence-electron chi connectivity index (χ4n) is 2.69. The highest BCUT2D eigenvalue weighted by molar-refractivity contribution is 7.80. The van der Waals surface area contributed by atoms with Gasteiger partial charge in [-0.15, -0.1) is 0 Å². The van der Waals surface area contributed by atoms with Crippen LogP contribution in [0.4, 0.5) is 5.69 Å². The Labute approximate surface area is 146 Å². The van der Waals surface area contributed by atoms with E-state index < -0.39 is 0 Å². The van der Waals surface area contributed by atoms with Gasteiger partial charge in [0.1, 0.15) is 0 Å². The van der Waals surface area contributed by atoms with Gasteiger partial charge >= 0.3 is 0 Å². The first-order valence-electron chi connectivity index (χ1n) is 7.50. The molecule has 5 heteroatoms. The second-order valence-corrected chi connectivity index (χ2v) is 6.20. The maximum atomic E-state index is 6.12. The lowest BCUT2D eigenvalue weighted by Crippen LogP contribution is -2.30. The van der Waals surface area contributed by atoms with Crippen molar-refractivity contribution >= 4 is 45.5 Å². The maximum Gasteiger partial charge on any atom is 0.170 e. The van der Waals surface area contributed by atoms with Crippen molar-refractivity contribution in [1.29, 1.82) is 0 Å². The average Bonchev–Trinajstić information content (AvgIpc) is 2.86. The highest BCUT2D eigenvalue weighted by Crippen LogP contribution is 2.22. The van der Waals surface area contributed by atoms with Gasteiger partial charge in [-0.2, -0.15) is 0 Å². The SMILES string of the molecule is Cc1[nH]c2ccccc2c1CCNC(=S)Nc1ccccc1Cl. The molecular formula is C18H18ClN3S. The van der Waals surface area contributed by atoms with Gasteiger partial charge < -0.3 is 15.6 Å². The molecule has 0 saturated carbocycles. The maximum absolute atomic E-state index is 6.12. The minimum Gasteiger partial charge on any atom is -0.362 e. The summed E-state index contributed by atoms with van der Waals surface area (Å²) in [7, 11) is 0. The molecule has 0 fully saturated rings. The molecule has 0 aliphatic rings. The Kier molecular flexibility index (Phi) is 4.84. The van der Waals surface area contributed by atoms with E-state index in [-0.39, 0.29) is 0 Å². The number of nitrogens with one attached hydrogen (secondary N) is 3. The molecule has 1 aromatic heterocycles. The predicted octanol–water partition coefficient (Wildman–Crippen LogP) is 4.66. The molecule has 2 aromatic carbocycles. The zero-order valence-corrected chi connectivity index (χ0v) is 14.4. The van der Waals surface area contributed by atoms with Crippen LogP contribution < -0.4 is 10.6 Å². The standard InChI is InChI=1S/C18H18ClN3S/c1-12-13(14-6-2-4-8-16(14)21-12)10-11-20-18(23)22-17-9-5-3-7-15(17)19/h2-9,21H,10-11H2,1H3,(H2,20,22,23). The molecule has 23 heavy (non-hydrogen) atoms. The average molecular weight is 344 g/mol. The number of aryl methyl sites for hydroxylation is 1. The second-order valence-electron chi connectivity index (χ2n) is 5.38. The Morgan fingerprint density at radius 2 is 1.87 bits per heavy atom. The number of anilines is 1. The lowest BCUT2D eigenvalue weighted by Gasteiger charge is -2.11. The molecule has 3 rings (SSSR count). The third-order valence-electron chi connectivity index (χ3n) is 3.81. The van der Waals surface area contributed by atoms with Crippen LogP contribution >= 0.6 is 23.8 Å². The van der Waals surface area contributed by atoms with E-state index >= 15 is 0 Å². The van der Waals surface area contributed by atoms with Crippen LogP contribution in [0.25, 0.3) is 10.9 Å². The van der Waals surface area contributed by atoms with E-state index in [9.17, 15) is 0 Å². The first kappa shape index (κ1) is 15.8. The minimum absolute atomic E-state index is 0.579. The van der Waals surface area contributed by atoms with Crippen molar-refractivity contribution in [3.63, 3.8) is 0 Å². The first-order chi connectivity index (χ1) is 11.1. The van der Waals surface area contributed by atoms with Crippen molar-refractivity contribution in [3.8, 4) is 0 Å². The zero-order chi connectivity index (χ0) is 16.2. The Balaban J connectivity index is 1.59. The highest BCUT2D eigenvalue weighted by atomic mass is 35.5. The summed E-state index contributed by atoms with van der Waals surface area (Å²) in [5.74, 6) is 0. The van der Waals surface area contributed by atoms with Crippen LogP contribution in [0.5, 0.6) is 0 Å². The molecular weight excluding hydrogens is 326 g/mol. The molecule has 3 N–H and O–H groups in total. The fourth-order valence-corrected chi connectivity index (χ4v) is 3.08. The number of hydrogen-bond donors (Lipinski definition) is 3. The van der Waals surface area contributed by atoms with Gasteiger partial charge in [0.2, 0.25) is 0 Å². The number of rotatable bonds is 4. The summed E-state index contributed by atoms with van der Waals surface area (Å²) >= 11 is 11.4. The van der Waals surface area contributed by atoms with Gasteiger partial charge in [-0.3, -0.25) is 0 Å². The molecule has 0 amide bonds. The molecule has 0 saturated heterocycles. The van der Waals surface area contributed by atoms with E-state index in [1.54, 1.807) is 0 Å². The van der Waals surface area contributed by atoms with Crippen LogP contribution in [0.15, 0.2) is 48.5 Å². The second kappa shape index (κ2) is 7.02. The summed E-state index contributed by atoms with van der Waals surface area (Å²) in [6, 6.07) is 15.9. The number of H-pyrrole nitrogens is 1. The van der Waals surface area contributed by atoms with Crippen molar-refractivity contribution in [2.45, 2.75) is 13.3 Å². The van der Waals surface area contributed by atoms with E-state index in [1.165, 1.54) is 22.2 Å². The van der Waals surface area contributed by atoms with E-state index in [1.807, 2.05) is 30.3 Å². The van der Waals surface area contributed by atoms with Gasteiger partial charge in [0.15, 0.2) is 5.11 Å². The van der Waals surface area contributed by atoms with E-state index in [0.717, 1.165) is 18.7 Å². The number of fused-ring (bicyclic) bond motifs is 1. The summed E-state index contributed by atoms with van der Waals surface area (Å²) in [4.78, 5) is 3.42. The molecule has 118 valence electrons. The smallest absolute Gasteiger partial charge is 0.170 e. The van der Waals surface area contributed by atoms with E-state index in [2.05, 4.69) is 40.7 Å². The predicted molar refractivity (Wildman–Crippen MR) is 102 cm³/mol. The molecule has 0 bridgehead atoms. The molecule has 0 unspecified atom stereocenters. The zero-order valence-electron chi connectivity index (χ0n) is 12.8. The number of halogens is 1. The minimum atomic E-state index is 0.579. The number of hydrogen-bond acceptors (Lipinski definition) is 1. The Morgan fingerprint density at radius 1 is 1.13 bits per heavy atom. The highest BCUT2D eigenvalue weighted by Gasteiger charge is 2.08. The number of aromatic nitrogens is 1. The van der Waals surface area contributed by atoms with Crippen molar-refractivity contribution in [2.75, 3.05) is 11.9 Å². The molecule has 1 heterocycles. The van der Waals surface area contributed by atoms with Crippen LogP contribution in [0.3, 0.4) is 0 Å². The topological polar surface area (TPSA) is 39.9 Å². The molecule has 0 spiro atoms. The molecule has 3 aromatic rings. The monoisotopic (exact) mass is 343 g/mol. The number of benzene rings is 2. The van der Waals surface area contributed by atoms with Crippen LogP contribution in [0.2, 0.25) is 5.02 Å². The summed E-state index contributed by atoms with van der Waals surface area (Å²) in [5.41, 5.74) is 4.53. The van der Waals surface area contributed by atoms with E-state index in [4.69, 9.17) is 23.8 Å². The molecule has 0 radical (unpaired) electrons. The summed E-state index contributed by atoms with van der Waals surface area (Å²) in [6.45, 7) is 2.87. The Bertz CT molecular complexity index is 841. The van der Waals surface area contributed by atoms with Crippen molar-refractivity contribution in [2.24, 2.45) is 0 Å². The lowest BCUT2D eigenvalue weighted by atomic mass is 10.1. The van der Waals surface area contributed by atoms with Crippen LogP contribution in [0, 0.1) is 6.92 Å². The normalized spacial score (nSPS) is 10.7. The lowest BCUT2D eigenvalue weighted by molar-refractivity contribution is 0.871. The van der Waals surface area contributed by atoms with Crippen LogP contribution in [0.1, 0.15) is 11.3 Å². The molecule has 0 aliphatic carbocycles. The summed E-state index contributed by atoms with van der Waals surface area (Å²) in [6.07, 6.45) is 0.903. The van der Waals surface area contributed by atoms with Crippen molar-refractivity contribution in [1.82, 2.24) is 10.3 Å². The third kappa shape index (κ3) is 3.66. The fraction of sp³-hybridized carbons (Fsp3) is 0.167. The van der Waals surface area contributed by atoms with Gasteiger partial charge in [-0.05, 0) is 49.3 Å². The Morgan fingerprint density at radius 3 is 2.70 bits per heavy atom. The molecule has 0 aliphatic heterocycles. The van der Waals surface area contributed by atoms with Crippen LogP contribution in [-0.4, -0.2) is 16.6 Å².